The second kappa shape index (κ2) is 7.58. The van der Waals surface area contributed by atoms with Gasteiger partial charge in [-0.2, -0.15) is 0 Å². The van der Waals surface area contributed by atoms with Gasteiger partial charge in [0.15, 0.2) is 0 Å². The minimum absolute atomic E-state index is 0.192. The molecule has 4 atom stereocenters. The van der Waals surface area contributed by atoms with Crippen molar-refractivity contribution in [2.75, 3.05) is 6.61 Å². The molecule has 7 heteroatoms. The highest BCUT2D eigenvalue weighted by Crippen LogP contribution is 2.25. The Bertz CT molecular complexity index is 449. The van der Waals surface area contributed by atoms with Crippen molar-refractivity contribution >= 4 is 16.6 Å². The molecule has 0 aliphatic heterocycles. The van der Waals surface area contributed by atoms with Crippen molar-refractivity contribution in [1.29, 1.82) is 0 Å². The number of aliphatic hydroxyl groups excluding tert-OH is 6. The van der Waals surface area contributed by atoms with Crippen LogP contribution in [0.15, 0.2) is 36.1 Å². The molecule has 112 valence electrons. The average molecular weight is 305 g/mol. The fourth-order valence-corrected chi connectivity index (χ4v) is 1.78. The topological polar surface area (TPSA) is 121 Å². The van der Waals surface area contributed by atoms with Crippen molar-refractivity contribution in [3.8, 4) is 0 Å². The van der Waals surface area contributed by atoms with Gasteiger partial charge in [0.25, 0.3) is 0 Å². The van der Waals surface area contributed by atoms with Crippen LogP contribution in [0.4, 0.5) is 0 Å². The van der Waals surface area contributed by atoms with Gasteiger partial charge in [-0.15, -0.1) is 0 Å². The Kier molecular flexibility index (Phi) is 6.41. The van der Waals surface area contributed by atoms with E-state index in [0.29, 0.717) is 5.56 Å². The Morgan fingerprint density at radius 1 is 1.00 bits per heavy atom. The molecule has 6 N–H and O–H groups in total. The Balaban J connectivity index is 2.93. The van der Waals surface area contributed by atoms with Crippen LogP contribution in [0, 0.1) is 0 Å². The largest absolute Gasteiger partial charge is 0.508 e. The molecule has 0 unspecified atom stereocenters. The normalized spacial score (nSPS) is 18.9. The second-order valence-corrected chi connectivity index (χ2v) is 4.62. The van der Waals surface area contributed by atoms with E-state index >= 15 is 0 Å². The first-order valence-corrected chi connectivity index (χ1v) is 6.25. The lowest BCUT2D eigenvalue weighted by molar-refractivity contribution is -0.112. The zero-order chi connectivity index (χ0) is 15.3. The molecule has 0 saturated carbocycles. The first-order chi connectivity index (χ1) is 9.40. The highest BCUT2D eigenvalue weighted by Gasteiger charge is 2.33. The summed E-state index contributed by atoms with van der Waals surface area (Å²) in [5, 5.41) is 56.3. The molecule has 0 heterocycles. The van der Waals surface area contributed by atoms with E-state index < -0.39 is 36.8 Å². The summed E-state index contributed by atoms with van der Waals surface area (Å²) >= 11 is 5.88. The maximum absolute atomic E-state index is 9.80. The van der Waals surface area contributed by atoms with E-state index in [4.69, 9.17) is 16.7 Å². The summed E-state index contributed by atoms with van der Waals surface area (Å²) in [6, 6.07) is 8.22. The first-order valence-electron chi connectivity index (χ1n) is 5.87. The molecule has 0 fully saturated rings. The molecule has 0 aliphatic rings. The van der Waals surface area contributed by atoms with Crippen LogP contribution < -0.4 is 0 Å². The molecule has 0 radical (unpaired) electrons. The Morgan fingerprint density at radius 3 is 2.05 bits per heavy atom. The summed E-state index contributed by atoms with van der Waals surface area (Å²) < 4.78 is 0. The number of rotatable bonds is 6. The molecule has 0 spiro atoms. The lowest BCUT2D eigenvalue weighted by atomic mass is 10.0. The van der Waals surface area contributed by atoms with E-state index in [1.54, 1.807) is 30.3 Å². The standard InChI is InChI=1S/C13H17ClO6/c14-9(7-4-2-1-3-5-7)11(18)13(20)12(19)10(17)8(16)6-15/h1-5,8,10,12-13,15-20H,6H2/t8-,10-,12+,13+/m1/s1. The zero-order valence-electron chi connectivity index (χ0n) is 10.5. The van der Waals surface area contributed by atoms with Crippen LogP contribution in [-0.2, 0) is 0 Å². The molecular formula is C13H17ClO6. The predicted molar refractivity (Wildman–Crippen MR) is 73.0 cm³/mol. The van der Waals surface area contributed by atoms with Crippen molar-refractivity contribution in [2.24, 2.45) is 0 Å². The van der Waals surface area contributed by atoms with E-state index in [1.165, 1.54) is 0 Å². The Morgan fingerprint density at radius 2 is 1.55 bits per heavy atom. The number of hydrogen-bond acceptors (Lipinski definition) is 6. The molecule has 0 aromatic heterocycles. The minimum Gasteiger partial charge on any atom is -0.508 e. The highest BCUT2D eigenvalue weighted by atomic mass is 35.5. The molecule has 0 saturated heterocycles. The summed E-state index contributed by atoms with van der Waals surface area (Å²) in [6.45, 7) is -0.804. The van der Waals surface area contributed by atoms with Gasteiger partial charge in [-0.1, -0.05) is 41.9 Å². The van der Waals surface area contributed by atoms with Crippen LogP contribution in [0.25, 0.3) is 5.03 Å². The molecule has 0 amide bonds. The Labute approximate surface area is 120 Å². The molecular weight excluding hydrogens is 288 g/mol. The van der Waals surface area contributed by atoms with Crippen LogP contribution in [0.3, 0.4) is 0 Å². The van der Waals surface area contributed by atoms with Crippen molar-refractivity contribution in [3.05, 3.63) is 41.7 Å². The number of hydrogen-bond donors (Lipinski definition) is 6. The van der Waals surface area contributed by atoms with Gasteiger partial charge >= 0.3 is 0 Å². The van der Waals surface area contributed by atoms with Crippen LogP contribution in [-0.4, -0.2) is 61.7 Å². The SMILES string of the molecule is OC[C@@H](O)[C@@H](O)[C@H](O)[C@@H](O)C(O)=C(Cl)c1ccccc1. The number of halogens is 1. The summed E-state index contributed by atoms with van der Waals surface area (Å²) in [5.41, 5.74) is 0.412. The van der Waals surface area contributed by atoms with Gasteiger partial charge in [0.05, 0.1) is 11.6 Å². The van der Waals surface area contributed by atoms with Crippen LogP contribution in [0.2, 0.25) is 0 Å². The summed E-state index contributed by atoms with van der Waals surface area (Å²) in [5.74, 6) is -0.741. The van der Waals surface area contributed by atoms with Crippen molar-refractivity contribution in [1.82, 2.24) is 0 Å². The predicted octanol–water partition coefficient (Wildman–Crippen LogP) is -0.412. The van der Waals surface area contributed by atoms with E-state index in [2.05, 4.69) is 0 Å². The molecule has 1 rings (SSSR count). The summed E-state index contributed by atoms with van der Waals surface area (Å²) in [4.78, 5) is 0. The van der Waals surface area contributed by atoms with Gasteiger partial charge in [-0.3, -0.25) is 0 Å². The smallest absolute Gasteiger partial charge is 0.143 e. The van der Waals surface area contributed by atoms with E-state index in [-0.39, 0.29) is 5.03 Å². The Hall–Kier alpha value is -1.15. The van der Waals surface area contributed by atoms with Crippen LogP contribution >= 0.6 is 11.6 Å². The lowest BCUT2D eigenvalue weighted by Gasteiger charge is -2.25. The van der Waals surface area contributed by atoms with Crippen LogP contribution in [0.5, 0.6) is 0 Å². The fraction of sp³-hybridized carbons (Fsp3) is 0.385. The van der Waals surface area contributed by atoms with Crippen LogP contribution in [0.1, 0.15) is 5.56 Å². The summed E-state index contributed by atoms with van der Waals surface area (Å²) in [7, 11) is 0. The third-order valence-electron chi connectivity index (χ3n) is 2.79. The monoisotopic (exact) mass is 304 g/mol. The van der Waals surface area contributed by atoms with Crippen molar-refractivity contribution in [2.45, 2.75) is 24.4 Å². The van der Waals surface area contributed by atoms with Gasteiger partial charge in [-0.25, -0.2) is 0 Å². The molecule has 1 aromatic rings. The van der Waals surface area contributed by atoms with Gasteiger partial charge in [0, 0.05) is 0 Å². The zero-order valence-corrected chi connectivity index (χ0v) is 11.2. The molecule has 0 bridgehead atoms. The van der Waals surface area contributed by atoms with Crippen molar-refractivity contribution in [3.63, 3.8) is 0 Å². The van der Waals surface area contributed by atoms with E-state index in [1.807, 2.05) is 0 Å². The number of aliphatic hydroxyl groups is 6. The highest BCUT2D eigenvalue weighted by molar-refractivity contribution is 6.49. The number of benzene rings is 1. The average Bonchev–Trinajstić information content (AvgIpc) is 2.51. The van der Waals surface area contributed by atoms with Gasteiger partial charge in [-0.05, 0) is 5.56 Å². The molecule has 20 heavy (non-hydrogen) atoms. The first kappa shape index (κ1) is 16.9. The van der Waals surface area contributed by atoms with Gasteiger partial charge < -0.3 is 30.6 Å². The molecule has 6 nitrogen and oxygen atoms in total. The van der Waals surface area contributed by atoms with E-state index in [9.17, 15) is 25.5 Å². The molecule has 1 aromatic carbocycles. The molecule has 0 aliphatic carbocycles. The van der Waals surface area contributed by atoms with Crippen molar-refractivity contribution < 1.29 is 30.6 Å². The third kappa shape index (κ3) is 3.92. The minimum atomic E-state index is -1.91. The van der Waals surface area contributed by atoms with E-state index in [0.717, 1.165) is 0 Å². The fourth-order valence-electron chi connectivity index (χ4n) is 1.55. The maximum Gasteiger partial charge on any atom is 0.143 e. The second-order valence-electron chi connectivity index (χ2n) is 4.24. The lowest BCUT2D eigenvalue weighted by Crippen LogP contribution is -2.46. The quantitative estimate of drug-likeness (QED) is 0.397. The third-order valence-corrected chi connectivity index (χ3v) is 3.20. The maximum atomic E-state index is 9.80. The van der Waals surface area contributed by atoms with Gasteiger partial charge in [0.2, 0.25) is 0 Å². The van der Waals surface area contributed by atoms with Gasteiger partial charge in [0.1, 0.15) is 30.2 Å². The summed E-state index contributed by atoms with van der Waals surface area (Å²) in [6.07, 6.45) is -7.30.